The molecule has 1 nitrogen and oxygen atoms in total. The molecule has 1 atom stereocenters. The molecule has 0 aliphatic carbocycles. The van der Waals surface area contributed by atoms with E-state index in [-0.39, 0.29) is 5.82 Å². The van der Waals surface area contributed by atoms with Gasteiger partial charge in [-0.25, -0.2) is 4.39 Å². The van der Waals surface area contributed by atoms with Crippen LogP contribution in [0.25, 0.3) is 0 Å². The number of halogens is 3. The van der Waals surface area contributed by atoms with E-state index in [0.717, 1.165) is 16.7 Å². The lowest BCUT2D eigenvalue weighted by atomic mass is 9.98. The van der Waals surface area contributed by atoms with Crippen LogP contribution in [0, 0.1) is 12.7 Å². The second-order valence-corrected chi connectivity index (χ2v) is 5.75. The van der Waals surface area contributed by atoms with Crippen LogP contribution in [0.3, 0.4) is 0 Å². The normalized spacial score (nSPS) is 12.5. The minimum absolute atomic E-state index is 0.302. The molecular formula is C15H13BrClFO. The molecule has 0 saturated heterocycles. The molecule has 0 heterocycles. The molecule has 1 unspecified atom stereocenters. The average molecular weight is 344 g/mol. The van der Waals surface area contributed by atoms with Gasteiger partial charge in [0.2, 0.25) is 0 Å². The zero-order valence-corrected chi connectivity index (χ0v) is 12.7. The lowest BCUT2D eigenvalue weighted by molar-refractivity contribution is 0.177. The quantitative estimate of drug-likeness (QED) is 0.846. The predicted molar refractivity (Wildman–Crippen MR) is 79.0 cm³/mol. The lowest BCUT2D eigenvalue weighted by Crippen LogP contribution is -2.04. The van der Waals surface area contributed by atoms with Crippen molar-refractivity contribution in [3.8, 4) is 0 Å². The summed E-state index contributed by atoms with van der Waals surface area (Å²) >= 11 is 9.25. The molecular weight excluding hydrogens is 331 g/mol. The number of benzene rings is 2. The summed E-state index contributed by atoms with van der Waals surface area (Å²) in [5, 5.41) is 10.9. The van der Waals surface area contributed by atoms with Crippen molar-refractivity contribution in [2.75, 3.05) is 0 Å². The average Bonchev–Trinajstić information content (AvgIpc) is 2.35. The van der Waals surface area contributed by atoms with Gasteiger partial charge in [-0.2, -0.15) is 0 Å². The van der Waals surface area contributed by atoms with Gasteiger partial charge < -0.3 is 5.11 Å². The van der Waals surface area contributed by atoms with Crippen LogP contribution in [0.5, 0.6) is 0 Å². The number of aliphatic hydroxyl groups excluding tert-OH is 1. The summed E-state index contributed by atoms with van der Waals surface area (Å²) in [4.78, 5) is 0. The molecule has 1 N–H and O–H groups in total. The molecule has 0 saturated carbocycles. The summed E-state index contributed by atoms with van der Waals surface area (Å²) in [6.07, 6.45) is -0.261. The Balaban J connectivity index is 2.25. The Hall–Kier alpha value is -0.900. The van der Waals surface area contributed by atoms with Crippen molar-refractivity contribution in [1.29, 1.82) is 0 Å². The molecule has 0 aromatic heterocycles. The van der Waals surface area contributed by atoms with Gasteiger partial charge in [-0.05, 0) is 47.9 Å². The molecule has 2 aromatic carbocycles. The molecule has 2 rings (SSSR count). The number of hydrogen-bond acceptors (Lipinski definition) is 1. The minimum atomic E-state index is -0.666. The predicted octanol–water partition coefficient (Wildman–Crippen LogP) is 4.83. The van der Waals surface area contributed by atoms with Crippen molar-refractivity contribution in [2.45, 2.75) is 19.4 Å². The Morgan fingerprint density at radius 2 is 2.00 bits per heavy atom. The standard InChI is InChI=1S/C15H13BrClFO/c1-9-2-4-11(17)7-13(9)15(19)6-10-3-5-12(18)8-14(10)16/h2-5,7-8,15,19H,6H2,1H3. The summed E-state index contributed by atoms with van der Waals surface area (Å²) in [6, 6.07) is 9.88. The highest BCUT2D eigenvalue weighted by Crippen LogP contribution is 2.27. The number of aryl methyl sites for hydroxylation is 1. The largest absolute Gasteiger partial charge is 0.388 e. The van der Waals surface area contributed by atoms with E-state index in [1.165, 1.54) is 12.1 Å². The second kappa shape index (κ2) is 6.04. The first-order chi connectivity index (χ1) is 8.97. The molecule has 0 fully saturated rings. The van der Waals surface area contributed by atoms with Crippen molar-refractivity contribution >= 4 is 27.5 Å². The number of rotatable bonds is 3. The van der Waals surface area contributed by atoms with Crippen molar-refractivity contribution < 1.29 is 9.50 Å². The topological polar surface area (TPSA) is 20.2 Å². The van der Waals surface area contributed by atoms with Gasteiger partial charge in [-0.15, -0.1) is 0 Å². The van der Waals surface area contributed by atoms with Crippen LogP contribution in [-0.2, 0) is 6.42 Å². The van der Waals surface area contributed by atoms with E-state index < -0.39 is 6.10 Å². The number of hydrogen-bond donors (Lipinski definition) is 1. The van der Waals surface area contributed by atoms with E-state index in [9.17, 15) is 9.50 Å². The summed E-state index contributed by atoms with van der Waals surface area (Å²) in [5.74, 6) is -0.302. The van der Waals surface area contributed by atoms with Gasteiger partial charge in [0, 0.05) is 15.9 Å². The van der Waals surface area contributed by atoms with Gasteiger partial charge >= 0.3 is 0 Å². The van der Waals surface area contributed by atoms with Gasteiger partial charge in [-0.3, -0.25) is 0 Å². The van der Waals surface area contributed by atoms with Crippen LogP contribution in [0.1, 0.15) is 22.8 Å². The fourth-order valence-electron chi connectivity index (χ4n) is 1.98. The Kier molecular flexibility index (Phi) is 4.61. The summed E-state index contributed by atoms with van der Waals surface area (Å²) in [5.41, 5.74) is 2.63. The smallest absolute Gasteiger partial charge is 0.124 e. The maximum atomic E-state index is 13.0. The second-order valence-electron chi connectivity index (χ2n) is 4.46. The minimum Gasteiger partial charge on any atom is -0.388 e. The Morgan fingerprint density at radius 1 is 1.26 bits per heavy atom. The van der Waals surface area contributed by atoms with E-state index in [1.54, 1.807) is 18.2 Å². The third kappa shape index (κ3) is 3.56. The molecule has 0 radical (unpaired) electrons. The molecule has 100 valence electrons. The SMILES string of the molecule is Cc1ccc(Cl)cc1C(O)Cc1ccc(F)cc1Br. The molecule has 0 aliphatic rings. The van der Waals surface area contributed by atoms with E-state index in [0.29, 0.717) is 15.9 Å². The summed E-state index contributed by atoms with van der Waals surface area (Å²) in [7, 11) is 0. The first-order valence-corrected chi connectivity index (χ1v) is 7.02. The van der Waals surface area contributed by atoms with Crippen LogP contribution in [0.4, 0.5) is 4.39 Å². The highest BCUT2D eigenvalue weighted by atomic mass is 79.9. The molecule has 0 aliphatic heterocycles. The summed E-state index contributed by atoms with van der Waals surface area (Å²) in [6.45, 7) is 1.93. The maximum absolute atomic E-state index is 13.0. The molecule has 0 amide bonds. The maximum Gasteiger partial charge on any atom is 0.124 e. The van der Waals surface area contributed by atoms with Crippen molar-refractivity contribution in [3.05, 3.63) is 68.4 Å². The Morgan fingerprint density at radius 3 is 2.68 bits per heavy atom. The van der Waals surface area contributed by atoms with E-state index >= 15 is 0 Å². The fraction of sp³-hybridized carbons (Fsp3) is 0.200. The molecule has 0 bridgehead atoms. The van der Waals surface area contributed by atoms with E-state index in [4.69, 9.17) is 11.6 Å². The molecule has 0 spiro atoms. The zero-order chi connectivity index (χ0) is 14.0. The molecule has 2 aromatic rings. The van der Waals surface area contributed by atoms with Crippen molar-refractivity contribution in [2.24, 2.45) is 0 Å². The fourth-order valence-corrected chi connectivity index (χ4v) is 2.67. The Bertz CT molecular complexity index is 601. The van der Waals surface area contributed by atoms with E-state index in [2.05, 4.69) is 15.9 Å². The molecule has 4 heteroatoms. The first kappa shape index (κ1) is 14.5. The first-order valence-electron chi connectivity index (χ1n) is 5.85. The van der Waals surface area contributed by atoms with Gasteiger partial charge in [-0.1, -0.05) is 39.7 Å². The third-order valence-electron chi connectivity index (χ3n) is 3.03. The zero-order valence-electron chi connectivity index (χ0n) is 10.3. The van der Waals surface area contributed by atoms with Crippen molar-refractivity contribution in [3.63, 3.8) is 0 Å². The van der Waals surface area contributed by atoms with Gasteiger partial charge in [0.05, 0.1) is 6.10 Å². The lowest BCUT2D eigenvalue weighted by Gasteiger charge is -2.15. The van der Waals surface area contributed by atoms with Crippen LogP contribution < -0.4 is 0 Å². The highest BCUT2D eigenvalue weighted by Gasteiger charge is 2.13. The van der Waals surface area contributed by atoms with E-state index in [1.807, 2.05) is 13.0 Å². The third-order valence-corrected chi connectivity index (χ3v) is 4.00. The Labute approximate surface area is 125 Å². The van der Waals surface area contributed by atoms with Crippen LogP contribution in [0.15, 0.2) is 40.9 Å². The summed E-state index contributed by atoms with van der Waals surface area (Å²) < 4.78 is 13.7. The van der Waals surface area contributed by atoms with Gasteiger partial charge in [0.25, 0.3) is 0 Å². The highest BCUT2D eigenvalue weighted by molar-refractivity contribution is 9.10. The van der Waals surface area contributed by atoms with Crippen LogP contribution in [0.2, 0.25) is 5.02 Å². The number of aliphatic hydroxyl groups is 1. The van der Waals surface area contributed by atoms with Gasteiger partial charge in [0.1, 0.15) is 5.82 Å². The van der Waals surface area contributed by atoms with Gasteiger partial charge in [0.15, 0.2) is 0 Å². The molecule has 19 heavy (non-hydrogen) atoms. The van der Waals surface area contributed by atoms with Crippen molar-refractivity contribution in [1.82, 2.24) is 0 Å². The monoisotopic (exact) mass is 342 g/mol. The van der Waals surface area contributed by atoms with Crippen LogP contribution in [-0.4, -0.2) is 5.11 Å². The van der Waals surface area contributed by atoms with Crippen LogP contribution >= 0.6 is 27.5 Å².